The number of aliphatic hydroxyl groups excluding tert-OH is 1. The lowest BCUT2D eigenvalue weighted by Gasteiger charge is -2.26. The third-order valence-electron chi connectivity index (χ3n) is 6.28. The van der Waals surface area contributed by atoms with E-state index in [1.54, 1.807) is 44.3 Å². The summed E-state index contributed by atoms with van der Waals surface area (Å²) in [5.41, 5.74) is 5.34. The van der Waals surface area contributed by atoms with E-state index in [1.165, 1.54) is 24.4 Å². The predicted octanol–water partition coefficient (Wildman–Crippen LogP) is 1.99. The van der Waals surface area contributed by atoms with Crippen molar-refractivity contribution in [1.82, 2.24) is 30.6 Å². The van der Waals surface area contributed by atoms with Crippen molar-refractivity contribution < 1.29 is 19.4 Å². The number of pyridine rings is 1. The Morgan fingerprint density at radius 3 is 2.83 bits per heavy atom. The molecule has 3 aromatic rings. The van der Waals surface area contributed by atoms with Gasteiger partial charge in [0.2, 0.25) is 17.7 Å². The third kappa shape index (κ3) is 6.00. The van der Waals surface area contributed by atoms with Gasteiger partial charge < -0.3 is 36.2 Å². The lowest BCUT2D eigenvalue weighted by Crippen LogP contribution is -2.46. The molecule has 2 amide bonds. The molecule has 0 saturated carbocycles. The molecule has 2 aromatic heterocycles. The fourth-order valence-electron chi connectivity index (χ4n) is 4.17. The Morgan fingerprint density at radius 1 is 1.32 bits per heavy atom. The van der Waals surface area contributed by atoms with Gasteiger partial charge in [0, 0.05) is 37.0 Å². The Morgan fingerprint density at radius 2 is 2.12 bits per heavy atom. The maximum atomic E-state index is 13.4. The van der Waals surface area contributed by atoms with Crippen LogP contribution < -0.4 is 20.8 Å². The second-order valence-corrected chi connectivity index (χ2v) is 9.14. The van der Waals surface area contributed by atoms with Crippen molar-refractivity contribution in [2.75, 3.05) is 26.1 Å². The van der Waals surface area contributed by atoms with Gasteiger partial charge in [0.15, 0.2) is 5.84 Å². The summed E-state index contributed by atoms with van der Waals surface area (Å²) < 4.78 is 5.13. The van der Waals surface area contributed by atoms with Crippen molar-refractivity contribution in [1.29, 1.82) is 5.41 Å². The maximum absolute atomic E-state index is 13.4. The van der Waals surface area contributed by atoms with Crippen LogP contribution in [0.5, 0.6) is 5.88 Å². The highest BCUT2D eigenvalue weighted by Gasteiger charge is 2.35. The Hall–Kier alpha value is -4.62. The summed E-state index contributed by atoms with van der Waals surface area (Å²) in [4.78, 5) is 40.6. The number of ether oxygens (including phenoxy) is 1. The molecule has 13 nitrogen and oxygen atoms in total. The van der Waals surface area contributed by atoms with Gasteiger partial charge >= 0.3 is 0 Å². The number of hydrogen-bond acceptors (Lipinski definition) is 10. The van der Waals surface area contributed by atoms with Gasteiger partial charge in [-0.05, 0) is 30.2 Å². The van der Waals surface area contributed by atoms with Crippen molar-refractivity contribution in [2.45, 2.75) is 25.6 Å². The average molecular weight is 566 g/mol. The first kappa shape index (κ1) is 28.4. The van der Waals surface area contributed by atoms with Crippen LogP contribution in [0.15, 0.2) is 47.8 Å². The number of hydrogen-bond donors (Lipinski definition) is 5. The Labute approximate surface area is 235 Å². The molecule has 3 heterocycles. The molecule has 1 aliphatic rings. The quantitative estimate of drug-likeness (QED) is 0.140. The number of anilines is 1. The number of halogens is 1. The van der Waals surface area contributed by atoms with Crippen LogP contribution in [0, 0.1) is 5.41 Å². The molecule has 2 atom stereocenters. The Kier molecular flexibility index (Phi) is 8.86. The van der Waals surface area contributed by atoms with Crippen LogP contribution in [0.2, 0.25) is 5.02 Å². The number of rotatable bonds is 10. The lowest BCUT2D eigenvalue weighted by molar-refractivity contribution is -0.126. The van der Waals surface area contributed by atoms with Gasteiger partial charge in [-0.1, -0.05) is 23.7 Å². The van der Waals surface area contributed by atoms with E-state index in [0.29, 0.717) is 28.3 Å². The summed E-state index contributed by atoms with van der Waals surface area (Å²) in [5, 5.41) is 27.1. The number of methoxy groups -OCH3 is 1. The van der Waals surface area contributed by atoms with E-state index in [1.807, 2.05) is 0 Å². The first-order valence-corrected chi connectivity index (χ1v) is 12.6. The zero-order chi connectivity index (χ0) is 28.8. The van der Waals surface area contributed by atoms with E-state index in [2.05, 4.69) is 36.1 Å². The van der Waals surface area contributed by atoms with Crippen LogP contribution in [0.4, 0.5) is 5.95 Å². The number of fused-ring (bicyclic) bond motifs is 1. The maximum Gasteiger partial charge on any atom is 0.255 e. The van der Waals surface area contributed by atoms with E-state index < -0.39 is 18.0 Å². The molecule has 208 valence electrons. The largest absolute Gasteiger partial charge is 0.481 e. The van der Waals surface area contributed by atoms with Gasteiger partial charge in [-0.2, -0.15) is 5.10 Å². The normalized spacial score (nSPS) is 14.3. The first-order chi connectivity index (χ1) is 19.3. The zero-order valence-electron chi connectivity index (χ0n) is 22.0. The van der Waals surface area contributed by atoms with Crippen molar-refractivity contribution in [3.8, 4) is 17.1 Å². The first-order valence-electron chi connectivity index (χ1n) is 12.2. The topological polar surface area (TPSA) is 178 Å². The SMILES string of the molecule is CN/N=C(\C=N)Nc1ncc(Cl)c(-c2ccc3c(c2)C(=O)N([C@H](C)C(=O)N[C@H](CO)c2ccnc(OC)c2)C3)n1. The van der Waals surface area contributed by atoms with Gasteiger partial charge in [0.25, 0.3) is 5.91 Å². The molecule has 0 fully saturated rings. The van der Waals surface area contributed by atoms with Gasteiger partial charge in [-0.3, -0.25) is 9.59 Å². The van der Waals surface area contributed by atoms with Crippen molar-refractivity contribution in [3.63, 3.8) is 0 Å². The van der Waals surface area contributed by atoms with Crippen LogP contribution in [0.25, 0.3) is 11.3 Å². The number of aliphatic hydroxyl groups is 1. The molecule has 0 radical (unpaired) electrons. The van der Waals surface area contributed by atoms with Crippen LogP contribution in [0.3, 0.4) is 0 Å². The van der Waals surface area contributed by atoms with Crippen LogP contribution in [0.1, 0.15) is 34.5 Å². The second-order valence-electron chi connectivity index (χ2n) is 8.74. The van der Waals surface area contributed by atoms with Crippen molar-refractivity contribution in [2.24, 2.45) is 5.10 Å². The minimum Gasteiger partial charge on any atom is -0.481 e. The van der Waals surface area contributed by atoms with Gasteiger partial charge in [-0.25, -0.2) is 15.0 Å². The monoisotopic (exact) mass is 565 g/mol. The molecule has 5 N–H and O–H groups in total. The molecular formula is C26H28ClN9O4. The number of amidine groups is 1. The number of benzene rings is 1. The molecule has 4 rings (SSSR count). The van der Waals surface area contributed by atoms with E-state index in [0.717, 1.165) is 11.8 Å². The van der Waals surface area contributed by atoms with Crippen molar-refractivity contribution in [3.05, 3.63) is 64.4 Å². The molecule has 0 spiro atoms. The smallest absolute Gasteiger partial charge is 0.255 e. The van der Waals surface area contributed by atoms with E-state index in [-0.39, 0.29) is 35.9 Å². The molecule has 0 aliphatic carbocycles. The molecule has 1 aromatic carbocycles. The summed E-state index contributed by atoms with van der Waals surface area (Å²) in [6.45, 7) is 1.53. The van der Waals surface area contributed by atoms with E-state index in [4.69, 9.17) is 21.7 Å². The van der Waals surface area contributed by atoms with Crippen LogP contribution in [-0.2, 0) is 11.3 Å². The molecular weight excluding hydrogens is 538 g/mol. The average Bonchev–Trinajstić information content (AvgIpc) is 3.31. The molecule has 1 aliphatic heterocycles. The summed E-state index contributed by atoms with van der Waals surface area (Å²) in [7, 11) is 3.07. The lowest BCUT2D eigenvalue weighted by atomic mass is 10.0. The molecule has 0 bridgehead atoms. The molecule has 14 heteroatoms. The highest BCUT2D eigenvalue weighted by Crippen LogP contribution is 2.32. The van der Waals surface area contributed by atoms with E-state index >= 15 is 0 Å². The summed E-state index contributed by atoms with van der Waals surface area (Å²) in [6.07, 6.45) is 3.94. The highest BCUT2D eigenvalue weighted by molar-refractivity contribution is 6.34. The minimum absolute atomic E-state index is 0.167. The Balaban J connectivity index is 1.52. The Bertz CT molecular complexity index is 1470. The molecule has 40 heavy (non-hydrogen) atoms. The summed E-state index contributed by atoms with van der Waals surface area (Å²) >= 11 is 6.38. The third-order valence-corrected chi connectivity index (χ3v) is 6.56. The number of carbonyl (C=O) groups is 2. The van der Waals surface area contributed by atoms with Crippen LogP contribution in [-0.4, -0.2) is 75.6 Å². The van der Waals surface area contributed by atoms with Gasteiger partial charge in [-0.15, -0.1) is 0 Å². The minimum atomic E-state index is -0.814. The molecule has 0 unspecified atom stereocenters. The fourth-order valence-corrected chi connectivity index (χ4v) is 4.37. The van der Waals surface area contributed by atoms with Gasteiger partial charge in [0.05, 0.1) is 42.9 Å². The highest BCUT2D eigenvalue weighted by atomic mass is 35.5. The van der Waals surface area contributed by atoms with Gasteiger partial charge in [0.1, 0.15) is 6.04 Å². The number of hydrazone groups is 1. The summed E-state index contributed by atoms with van der Waals surface area (Å²) in [5.74, 6) is -0.0280. The number of aromatic nitrogens is 3. The number of nitrogens with zero attached hydrogens (tertiary/aromatic N) is 5. The number of carbonyl (C=O) groups excluding carboxylic acids is 2. The van der Waals surface area contributed by atoms with Crippen LogP contribution >= 0.6 is 11.6 Å². The predicted molar refractivity (Wildman–Crippen MR) is 149 cm³/mol. The second kappa shape index (κ2) is 12.5. The fraction of sp³-hybridized carbons (Fsp3) is 0.269. The standard InChI is InChI=1S/C26H28ClN9O4/c1-14(24(38)32-20(13-37)15-6-7-30-22(9-15)40-3)36-12-17-5-4-16(8-18(17)25(36)39)23-19(27)11-31-26(34-23)33-21(10-28)35-29-2/h4-11,14,20,28-29,37H,12-13H2,1-3H3,(H,32,38)(H,31,33,34,35)/t14-,20-/m1/s1. The van der Waals surface area contributed by atoms with Crippen molar-refractivity contribution >= 4 is 41.4 Å². The number of amides is 2. The van der Waals surface area contributed by atoms with E-state index in [9.17, 15) is 14.7 Å². The summed E-state index contributed by atoms with van der Waals surface area (Å²) in [6, 6.07) is 7.05. The number of nitrogens with one attached hydrogen (secondary N) is 4. The molecule has 0 saturated heterocycles. The zero-order valence-corrected chi connectivity index (χ0v) is 22.7.